The van der Waals surface area contributed by atoms with Crippen LogP contribution in [0.2, 0.25) is 0 Å². The van der Waals surface area contributed by atoms with Gasteiger partial charge in [-0.1, -0.05) is 0 Å². The molecule has 3 heterocycles. The summed E-state index contributed by atoms with van der Waals surface area (Å²) in [4.78, 5) is 13.7. The van der Waals surface area contributed by atoms with E-state index < -0.39 is 96.6 Å². The Morgan fingerprint density at radius 1 is 0.854 bits per heavy atom. The lowest BCUT2D eigenvalue weighted by atomic mass is 9.98. The third kappa shape index (κ3) is 5.42. The van der Waals surface area contributed by atoms with E-state index >= 15 is 0 Å². The van der Waals surface area contributed by atoms with Crippen LogP contribution in [-0.2, 0) is 14.2 Å². The predicted octanol–water partition coefficient (Wildman–Crippen LogP) is -1.78. The van der Waals surface area contributed by atoms with Crippen molar-refractivity contribution in [3.63, 3.8) is 0 Å². The van der Waals surface area contributed by atoms with Gasteiger partial charge in [0.2, 0.25) is 17.5 Å². The minimum atomic E-state index is -1.86. The Bertz CT molecular complexity index is 1440. The number of phenols is 3. The normalized spacial score (nSPS) is 32.2. The zero-order chi connectivity index (χ0) is 29.6. The fraction of sp³-hybridized carbons (Fsp3) is 0.423. The van der Waals surface area contributed by atoms with E-state index in [2.05, 4.69) is 0 Å². The van der Waals surface area contributed by atoms with E-state index in [1.54, 1.807) is 0 Å². The van der Waals surface area contributed by atoms with Crippen molar-refractivity contribution in [3.05, 3.63) is 46.6 Å². The number of phenolic OH excluding ortho intramolecular Hbond substituents is 3. The average Bonchev–Trinajstić information content (AvgIpc) is 2.93. The largest absolute Gasteiger partial charge is 0.508 e. The van der Waals surface area contributed by atoms with Crippen molar-refractivity contribution >= 4 is 11.0 Å². The molecule has 2 aliphatic heterocycles. The maximum atomic E-state index is 13.7. The zero-order valence-electron chi connectivity index (χ0n) is 21.0. The van der Waals surface area contributed by atoms with Crippen molar-refractivity contribution in [3.8, 4) is 34.3 Å². The predicted molar refractivity (Wildman–Crippen MR) is 134 cm³/mol. The van der Waals surface area contributed by atoms with Crippen LogP contribution >= 0.6 is 0 Å². The minimum Gasteiger partial charge on any atom is -0.508 e. The topological polar surface area (TPSA) is 249 Å². The summed E-state index contributed by atoms with van der Waals surface area (Å²) in [6.07, 6.45) is -15.1. The molecule has 9 atom stereocenters. The van der Waals surface area contributed by atoms with E-state index in [1.807, 2.05) is 0 Å². The number of aromatic hydroxyl groups is 3. The summed E-state index contributed by atoms with van der Waals surface area (Å²) < 4.78 is 28.1. The first-order valence-electron chi connectivity index (χ1n) is 12.4. The summed E-state index contributed by atoms with van der Waals surface area (Å²) >= 11 is 0. The molecule has 9 N–H and O–H groups in total. The number of benzene rings is 2. The minimum absolute atomic E-state index is 0.111. The number of ether oxygens (including phenoxy) is 4. The maximum absolute atomic E-state index is 13.7. The number of rotatable bonds is 6. The highest BCUT2D eigenvalue weighted by atomic mass is 16.8. The van der Waals surface area contributed by atoms with E-state index in [0.29, 0.717) is 0 Å². The van der Waals surface area contributed by atoms with E-state index in [4.69, 9.17) is 23.4 Å². The van der Waals surface area contributed by atoms with Crippen molar-refractivity contribution in [1.82, 2.24) is 0 Å². The number of aliphatic hydroxyl groups excluding tert-OH is 6. The molecule has 0 saturated carbocycles. The summed E-state index contributed by atoms with van der Waals surface area (Å²) in [5.41, 5.74) is -0.992. The molecule has 41 heavy (non-hydrogen) atoms. The first kappa shape index (κ1) is 29.0. The first-order valence-corrected chi connectivity index (χ1v) is 12.4. The molecular weight excluding hydrogens is 552 g/mol. The lowest BCUT2D eigenvalue weighted by molar-refractivity contribution is -0.345. The molecule has 2 saturated heterocycles. The third-order valence-corrected chi connectivity index (χ3v) is 6.85. The molecule has 5 rings (SSSR count). The Kier molecular flexibility index (Phi) is 8.06. The molecule has 2 fully saturated rings. The van der Waals surface area contributed by atoms with Crippen molar-refractivity contribution < 1.29 is 69.3 Å². The van der Waals surface area contributed by atoms with Gasteiger partial charge in [0.05, 0.1) is 13.2 Å². The number of hydrogen-bond donors (Lipinski definition) is 9. The van der Waals surface area contributed by atoms with Crippen LogP contribution in [0.5, 0.6) is 23.0 Å². The lowest BCUT2D eigenvalue weighted by Gasteiger charge is -2.44. The van der Waals surface area contributed by atoms with Gasteiger partial charge in [-0.3, -0.25) is 4.79 Å². The Morgan fingerprint density at radius 3 is 2.24 bits per heavy atom. The fourth-order valence-corrected chi connectivity index (χ4v) is 4.64. The monoisotopic (exact) mass is 580 g/mol. The fourth-order valence-electron chi connectivity index (χ4n) is 4.64. The van der Waals surface area contributed by atoms with Crippen LogP contribution in [0.25, 0.3) is 22.3 Å². The molecule has 0 amide bonds. The van der Waals surface area contributed by atoms with Crippen molar-refractivity contribution in [1.29, 1.82) is 0 Å². The van der Waals surface area contributed by atoms with Gasteiger partial charge in [0.25, 0.3) is 0 Å². The van der Waals surface area contributed by atoms with E-state index in [9.17, 15) is 50.8 Å². The van der Waals surface area contributed by atoms with Gasteiger partial charge in [0, 0.05) is 17.7 Å². The molecule has 3 aromatic rings. The van der Waals surface area contributed by atoms with Gasteiger partial charge in [-0.05, 0) is 24.3 Å². The Hall–Kier alpha value is -3.51. The summed E-state index contributed by atoms with van der Waals surface area (Å²) in [5, 5.41) is 90.8. The molecule has 2 aromatic carbocycles. The second-order valence-corrected chi connectivity index (χ2v) is 9.65. The van der Waals surface area contributed by atoms with Crippen LogP contribution in [0.3, 0.4) is 0 Å². The Balaban J connectivity index is 1.60. The number of fused-ring (bicyclic) bond motifs is 1. The Morgan fingerprint density at radius 2 is 1.56 bits per heavy atom. The van der Waals surface area contributed by atoms with Crippen molar-refractivity contribution in [2.45, 2.75) is 55.3 Å². The summed E-state index contributed by atoms with van der Waals surface area (Å²) in [6, 6.07) is 7.30. The highest BCUT2D eigenvalue weighted by molar-refractivity contribution is 5.88. The zero-order valence-corrected chi connectivity index (χ0v) is 21.0. The van der Waals surface area contributed by atoms with Crippen molar-refractivity contribution in [2.24, 2.45) is 0 Å². The molecule has 0 radical (unpaired) electrons. The molecule has 1 aromatic heterocycles. The molecular formula is C26H28O15. The molecule has 0 bridgehead atoms. The van der Waals surface area contributed by atoms with Gasteiger partial charge in [-0.2, -0.15) is 0 Å². The number of aliphatic hydroxyl groups is 6. The van der Waals surface area contributed by atoms with Gasteiger partial charge in [0.15, 0.2) is 18.2 Å². The van der Waals surface area contributed by atoms with Gasteiger partial charge in [0.1, 0.15) is 64.8 Å². The van der Waals surface area contributed by atoms with Crippen LogP contribution in [0.4, 0.5) is 0 Å². The first-order chi connectivity index (χ1) is 19.5. The SMILES string of the molecule is O=c1c(OC2O[C@H](CO)[C@@H](O)[C@H](O)[C@H]2O[C@@H]2OC[C@@H](O)C(O)[C@H]2O)c(-c2ccc(O)cc2)oc2cc(O)cc(O)c12. The second kappa shape index (κ2) is 11.4. The van der Waals surface area contributed by atoms with Gasteiger partial charge in [-0.25, -0.2) is 0 Å². The molecule has 0 spiro atoms. The average molecular weight is 580 g/mol. The van der Waals surface area contributed by atoms with Crippen LogP contribution in [0, 0.1) is 0 Å². The highest BCUT2D eigenvalue weighted by Gasteiger charge is 2.50. The molecule has 15 heteroatoms. The smallest absolute Gasteiger partial charge is 0.239 e. The molecule has 222 valence electrons. The highest BCUT2D eigenvalue weighted by Crippen LogP contribution is 2.38. The van der Waals surface area contributed by atoms with Gasteiger partial charge in [-0.15, -0.1) is 0 Å². The van der Waals surface area contributed by atoms with Crippen LogP contribution < -0.4 is 10.2 Å². The summed E-state index contributed by atoms with van der Waals surface area (Å²) in [6.45, 7) is -1.25. The van der Waals surface area contributed by atoms with Gasteiger partial charge >= 0.3 is 0 Å². The summed E-state index contributed by atoms with van der Waals surface area (Å²) in [7, 11) is 0. The maximum Gasteiger partial charge on any atom is 0.239 e. The number of hydrogen-bond acceptors (Lipinski definition) is 15. The van der Waals surface area contributed by atoms with E-state index in [-0.39, 0.29) is 22.7 Å². The molecule has 2 unspecified atom stereocenters. The summed E-state index contributed by atoms with van der Waals surface area (Å²) in [5.74, 6) is -2.02. The second-order valence-electron chi connectivity index (χ2n) is 9.65. The van der Waals surface area contributed by atoms with E-state index in [0.717, 1.165) is 12.1 Å². The van der Waals surface area contributed by atoms with Crippen LogP contribution in [-0.4, -0.2) is 114 Å². The standard InChI is InChI=1S/C26H28O15/c27-7-15-18(33)20(35)24(41-25-21(36)17(32)13(31)8-37-25)26(39-15)40-23-19(34)16-12(30)5-11(29)6-14(16)38-22(23)9-1-3-10(28)4-2-9/h1-6,13,15,17-18,20-21,24-33,35-36H,7-8H2/t13-,15-,17?,18-,20+,21-,24-,25+,26?/m1/s1. The van der Waals surface area contributed by atoms with E-state index in [1.165, 1.54) is 24.3 Å². The third-order valence-electron chi connectivity index (χ3n) is 6.85. The van der Waals surface area contributed by atoms with Gasteiger partial charge < -0.3 is 69.3 Å². The van der Waals surface area contributed by atoms with Crippen molar-refractivity contribution in [2.75, 3.05) is 13.2 Å². The Labute approximate surface area is 230 Å². The molecule has 15 nitrogen and oxygen atoms in total. The molecule has 2 aliphatic rings. The lowest BCUT2D eigenvalue weighted by Crippen LogP contribution is -2.64. The molecule has 0 aliphatic carbocycles. The van der Waals surface area contributed by atoms with Crippen LogP contribution in [0.1, 0.15) is 0 Å². The van der Waals surface area contributed by atoms with Crippen LogP contribution in [0.15, 0.2) is 45.6 Å². The quantitative estimate of drug-likeness (QED) is 0.156.